The number of benzene rings is 1. The van der Waals surface area contributed by atoms with Crippen LogP contribution in [0, 0.1) is 0 Å². The van der Waals surface area contributed by atoms with Crippen LogP contribution in [0.1, 0.15) is 30.1 Å². The molecule has 0 aliphatic carbocycles. The van der Waals surface area contributed by atoms with Gasteiger partial charge >= 0.3 is 0 Å². The van der Waals surface area contributed by atoms with Gasteiger partial charge in [-0.2, -0.15) is 0 Å². The molecule has 102 valence electrons. The van der Waals surface area contributed by atoms with Crippen LogP contribution in [-0.4, -0.2) is 31.6 Å². The summed E-state index contributed by atoms with van der Waals surface area (Å²) in [6.07, 6.45) is 0.164. The molecule has 1 heterocycles. The van der Waals surface area contributed by atoms with Crippen LogP contribution >= 0.6 is 0 Å². The molecule has 19 heavy (non-hydrogen) atoms. The average Bonchev–Trinajstić information content (AvgIpc) is 2.86. The van der Waals surface area contributed by atoms with Crippen LogP contribution in [0.5, 0.6) is 11.5 Å². The highest BCUT2D eigenvalue weighted by Crippen LogP contribution is 2.32. The highest BCUT2D eigenvalue weighted by molar-refractivity contribution is 6.08. The fourth-order valence-electron chi connectivity index (χ4n) is 1.77. The van der Waals surface area contributed by atoms with Gasteiger partial charge in [0.1, 0.15) is 5.78 Å². The third-order valence-electron chi connectivity index (χ3n) is 2.78. The maximum atomic E-state index is 11.9. The number of fused-ring (bicyclic) bond motifs is 1. The zero-order chi connectivity index (χ0) is 13.7. The monoisotopic (exact) mass is 264 g/mol. The van der Waals surface area contributed by atoms with Crippen molar-refractivity contribution in [3.05, 3.63) is 23.8 Å². The molecule has 0 amide bonds. The predicted octanol–water partition coefficient (Wildman–Crippen LogP) is 1.98. The van der Waals surface area contributed by atoms with Crippen LogP contribution in [0.15, 0.2) is 18.2 Å². The molecule has 1 aliphatic rings. The van der Waals surface area contributed by atoms with Crippen molar-refractivity contribution in [3.8, 4) is 11.5 Å². The largest absolute Gasteiger partial charge is 0.454 e. The molecule has 5 nitrogen and oxygen atoms in total. The first-order valence-electron chi connectivity index (χ1n) is 6.23. The van der Waals surface area contributed by atoms with E-state index in [4.69, 9.17) is 14.2 Å². The molecule has 0 saturated carbocycles. The van der Waals surface area contributed by atoms with Crippen molar-refractivity contribution in [1.82, 2.24) is 0 Å². The average molecular weight is 264 g/mol. The highest BCUT2D eigenvalue weighted by atomic mass is 16.7. The molecule has 0 bridgehead atoms. The van der Waals surface area contributed by atoms with Crippen LogP contribution in [-0.2, 0) is 9.53 Å². The Morgan fingerprint density at radius 3 is 2.84 bits per heavy atom. The number of Topliss-reactive ketones (excluding diaryl/α,β-unsaturated/α-hetero) is 2. The van der Waals surface area contributed by atoms with Crippen LogP contribution in [0.4, 0.5) is 0 Å². The number of hydrogen-bond donors (Lipinski definition) is 0. The van der Waals surface area contributed by atoms with Crippen molar-refractivity contribution >= 4 is 11.6 Å². The first-order valence-corrected chi connectivity index (χ1v) is 6.23. The summed E-state index contributed by atoms with van der Waals surface area (Å²) >= 11 is 0. The lowest BCUT2D eigenvalue weighted by Crippen LogP contribution is -2.10. The minimum Gasteiger partial charge on any atom is -0.454 e. The van der Waals surface area contributed by atoms with Gasteiger partial charge in [0.25, 0.3) is 0 Å². The minimum absolute atomic E-state index is 0.104. The Labute approximate surface area is 111 Å². The molecule has 1 aromatic rings. The molecule has 0 radical (unpaired) electrons. The van der Waals surface area contributed by atoms with Gasteiger partial charge in [0.05, 0.1) is 13.0 Å². The second kappa shape index (κ2) is 6.33. The molecule has 0 saturated heterocycles. The highest BCUT2D eigenvalue weighted by Gasteiger charge is 2.17. The van der Waals surface area contributed by atoms with E-state index < -0.39 is 0 Å². The van der Waals surface area contributed by atoms with Crippen LogP contribution < -0.4 is 9.47 Å². The van der Waals surface area contributed by atoms with Crippen LogP contribution in [0.2, 0.25) is 0 Å². The summed E-state index contributed by atoms with van der Waals surface area (Å²) in [6, 6.07) is 4.94. The smallest absolute Gasteiger partial charge is 0.231 e. The molecule has 0 aromatic heterocycles. The Morgan fingerprint density at radius 2 is 2.05 bits per heavy atom. The Hall–Kier alpha value is -1.88. The molecule has 0 spiro atoms. The Bertz CT molecular complexity index is 481. The lowest BCUT2D eigenvalue weighted by Gasteiger charge is -2.03. The maximum absolute atomic E-state index is 11.9. The van der Waals surface area contributed by atoms with Gasteiger partial charge in [-0.25, -0.2) is 0 Å². The van der Waals surface area contributed by atoms with Gasteiger partial charge in [-0.15, -0.1) is 0 Å². The van der Waals surface area contributed by atoms with E-state index in [0.717, 1.165) is 0 Å². The standard InChI is InChI=1S/C14H16O5/c1-2-17-6-5-11(15)8-12(16)10-3-4-13-14(7-10)19-9-18-13/h3-4,7H,2,5-6,8-9H2,1H3. The Morgan fingerprint density at radius 1 is 1.26 bits per heavy atom. The predicted molar refractivity (Wildman–Crippen MR) is 67.6 cm³/mol. The second-order valence-electron chi connectivity index (χ2n) is 4.15. The first-order chi connectivity index (χ1) is 9.20. The summed E-state index contributed by atoms with van der Waals surface area (Å²) in [6.45, 7) is 2.97. The number of ether oxygens (including phenoxy) is 3. The third kappa shape index (κ3) is 3.54. The van der Waals surface area contributed by atoms with Gasteiger partial charge in [0.2, 0.25) is 6.79 Å². The van der Waals surface area contributed by atoms with Crippen molar-refractivity contribution in [2.75, 3.05) is 20.0 Å². The van der Waals surface area contributed by atoms with Gasteiger partial charge in [-0.1, -0.05) is 0 Å². The van der Waals surface area contributed by atoms with E-state index >= 15 is 0 Å². The van der Waals surface area contributed by atoms with Crippen molar-refractivity contribution in [2.24, 2.45) is 0 Å². The van der Waals surface area contributed by atoms with Gasteiger partial charge in [0.15, 0.2) is 17.3 Å². The maximum Gasteiger partial charge on any atom is 0.231 e. The van der Waals surface area contributed by atoms with Gasteiger partial charge in [-0.05, 0) is 25.1 Å². The zero-order valence-corrected chi connectivity index (χ0v) is 10.8. The van der Waals surface area contributed by atoms with Crippen molar-refractivity contribution in [2.45, 2.75) is 19.8 Å². The molecule has 1 aliphatic heterocycles. The topological polar surface area (TPSA) is 61.8 Å². The van der Waals surface area contributed by atoms with E-state index in [1.54, 1.807) is 18.2 Å². The Kier molecular flexibility index (Phi) is 4.52. The number of ketones is 2. The molecule has 1 aromatic carbocycles. The van der Waals surface area contributed by atoms with Crippen LogP contribution in [0.3, 0.4) is 0 Å². The second-order valence-corrected chi connectivity index (χ2v) is 4.15. The summed E-state index contributed by atoms with van der Waals surface area (Å²) < 4.78 is 15.4. The van der Waals surface area contributed by atoms with E-state index in [1.807, 2.05) is 6.92 Å². The molecule has 0 atom stereocenters. The Balaban J connectivity index is 1.91. The third-order valence-corrected chi connectivity index (χ3v) is 2.78. The van der Waals surface area contributed by atoms with E-state index in [-0.39, 0.29) is 31.2 Å². The molecule has 0 N–H and O–H groups in total. The lowest BCUT2D eigenvalue weighted by molar-refractivity contribution is -0.119. The molecule has 5 heteroatoms. The first kappa shape index (κ1) is 13.5. The number of carbonyl (C=O) groups is 2. The van der Waals surface area contributed by atoms with Crippen molar-refractivity contribution in [1.29, 1.82) is 0 Å². The fourth-order valence-corrected chi connectivity index (χ4v) is 1.77. The summed E-state index contributed by atoms with van der Waals surface area (Å²) in [5, 5.41) is 0. The molecular formula is C14H16O5. The van der Waals surface area contributed by atoms with Gasteiger partial charge in [0, 0.05) is 18.6 Å². The summed E-state index contributed by atoms with van der Waals surface area (Å²) in [5.41, 5.74) is 0.467. The number of hydrogen-bond acceptors (Lipinski definition) is 5. The van der Waals surface area contributed by atoms with Gasteiger partial charge in [-0.3, -0.25) is 9.59 Å². The van der Waals surface area contributed by atoms with E-state index in [2.05, 4.69) is 0 Å². The lowest BCUT2D eigenvalue weighted by atomic mass is 10.0. The summed E-state index contributed by atoms with van der Waals surface area (Å²) in [7, 11) is 0. The summed E-state index contributed by atoms with van der Waals surface area (Å²) in [4.78, 5) is 23.5. The van der Waals surface area contributed by atoms with Crippen molar-refractivity contribution < 1.29 is 23.8 Å². The minimum atomic E-state index is -0.209. The van der Waals surface area contributed by atoms with Crippen LogP contribution in [0.25, 0.3) is 0 Å². The number of carbonyl (C=O) groups excluding carboxylic acids is 2. The molecule has 0 fully saturated rings. The zero-order valence-electron chi connectivity index (χ0n) is 10.8. The van der Waals surface area contributed by atoms with E-state index in [9.17, 15) is 9.59 Å². The molecular weight excluding hydrogens is 248 g/mol. The fraction of sp³-hybridized carbons (Fsp3) is 0.429. The SMILES string of the molecule is CCOCCC(=O)CC(=O)c1ccc2c(c1)OCO2. The number of rotatable bonds is 7. The molecule has 0 unspecified atom stereocenters. The van der Waals surface area contributed by atoms with E-state index in [1.165, 1.54) is 0 Å². The van der Waals surface area contributed by atoms with E-state index in [0.29, 0.717) is 30.3 Å². The molecule has 2 rings (SSSR count). The van der Waals surface area contributed by atoms with Gasteiger partial charge < -0.3 is 14.2 Å². The normalized spacial score (nSPS) is 12.5. The quantitative estimate of drug-likeness (QED) is 0.428. The summed E-state index contributed by atoms with van der Waals surface area (Å²) in [5.74, 6) is 0.850. The van der Waals surface area contributed by atoms with Crippen molar-refractivity contribution in [3.63, 3.8) is 0 Å².